The molecule has 0 saturated carbocycles. The molecule has 1 aliphatic rings. The number of carbonyl (C=O) groups excluding carboxylic acids is 1. The van der Waals surface area contributed by atoms with Gasteiger partial charge < -0.3 is 15.2 Å². The highest BCUT2D eigenvalue weighted by molar-refractivity contribution is 6.01. The molecule has 15 heavy (non-hydrogen) atoms. The topological polar surface area (TPSA) is 61.6 Å². The Kier molecular flexibility index (Phi) is 2.36. The van der Waals surface area contributed by atoms with Crippen LogP contribution in [-0.2, 0) is 0 Å². The minimum absolute atomic E-state index is 0.0780. The van der Waals surface area contributed by atoms with Crippen molar-refractivity contribution in [3.8, 4) is 11.5 Å². The van der Waals surface area contributed by atoms with Crippen LogP contribution in [0.1, 0.15) is 22.8 Å². The molecule has 80 valence electrons. The standard InChI is InChI=1S/C11H13NO3/c1-6-8(10(13)7(2)12)3-4-9-11(6)15-5-14-9/h3-4,7H,5,12H2,1-2H3. The largest absolute Gasteiger partial charge is 0.454 e. The lowest BCUT2D eigenvalue weighted by molar-refractivity contribution is 0.0967. The Morgan fingerprint density at radius 3 is 2.87 bits per heavy atom. The van der Waals surface area contributed by atoms with Crippen molar-refractivity contribution in [2.45, 2.75) is 19.9 Å². The van der Waals surface area contributed by atoms with Crippen LogP contribution in [0.25, 0.3) is 0 Å². The van der Waals surface area contributed by atoms with E-state index in [-0.39, 0.29) is 12.6 Å². The number of ether oxygens (including phenoxy) is 2. The van der Waals surface area contributed by atoms with Gasteiger partial charge in [-0.05, 0) is 26.0 Å². The molecule has 0 aliphatic carbocycles. The van der Waals surface area contributed by atoms with Crippen molar-refractivity contribution in [3.63, 3.8) is 0 Å². The number of nitrogens with two attached hydrogens (primary N) is 1. The lowest BCUT2D eigenvalue weighted by atomic mass is 10.00. The van der Waals surface area contributed by atoms with E-state index in [9.17, 15) is 4.79 Å². The van der Waals surface area contributed by atoms with Gasteiger partial charge in [-0.15, -0.1) is 0 Å². The van der Waals surface area contributed by atoms with Gasteiger partial charge in [0.25, 0.3) is 0 Å². The van der Waals surface area contributed by atoms with Crippen LogP contribution in [0.5, 0.6) is 11.5 Å². The van der Waals surface area contributed by atoms with E-state index in [1.807, 2.05) is 6.92 Å². The fourth-order valence-electron chi connectivity index (χ4n) is 1.62. The van der Waals surface area contributed by atoms with E-state index in [0.29, 0.717) is 17.1 Å². The van der Waals surface area contributed by atoms with Gasteiger partial charge in [-0.25, -0.2) is 0 Å². The van der Waals surface area contributed by atoms with Crippen LogP contribution in [0.4, 0.5) is 0 Å². The van der Waals surface area contributed by atoms with Crippen molar-refractivity contribution in [2.24, 2.45) is 5.73 Å². The quantitative estimate of drug-likeness (QED) is 0.741. The van der Waals surface area contributed by atoms with Crippen LogP contribution >= 0.6 is 0 Å². The molecule has 0 fully saturated rings. The first kappa shape index (κ1) is 9.98. The van der Waals surface area contributed by atoms with Crippen molar-refractivity contribution in [3.05, 3.63) is 23.3 Å². The molecule has 4 heteroatoms. The summed E-state index contributed by atoms with van der Waals surface area (Å²) in [5.41, 5.74) is 6.96. The van der Waals surface area contributed by atoms with E-state index >= 15 is 0 Å². The van der Waals surface area contributed by atoms with Crippen LogP contribution in [0.15, 0.2) is 12.1 Å². The number of benzene rings is 1. The Morgan fingerprint density at radius 2 is 2.20 bits per heavy atom. The van der Waals surface area contributed by atoms with Gasteiger partial charge in [0.15, 0.2) is 17.3 Å². The molecule has 0 spiro atoms. The Balaban J connectivity index is 2.47. The molecule has 1 aromatic carbocycles. The number of hydrogen-bond donors (Lipinski definition) is 1. The molecular weight excluding hydrogens is 194 g/mol. The van der Waals surface area contributed by atoms with Gasteiger partial charge in [0.1, 0.15) is 0 Å². The summed E-state index contributed by atoms with van der Waals surface area (Å²) in [5.74, 6) is 1.26. The van der Waals surface area contributed by atoms with Crippen LogP contribution in [0.3, 0.4) is 0 Å². The number of ketones is 1. The van der Waals surface area contributed by atoms with Crippen molar-refractivity contribution >= 4 is 5.78 Å². The van der Waals surface area contributed by atoms with Crippen molar-refractivity contribution < 1.29 is 14.3 Å². The summed E-state index contributed by atoms with van der Waals surface area (Å²) in [4.78, 5) is 11.7. The fraction of sp³-hybridized carbons (Fsp3) is 0.364. The van der Waals surface area contributed by atoms with Crippen LogP contribution < -0.4 is 15.2 Å². The van der Waals surface area contributed by atoms with Crippen molar-refractivity contribution in [2.75, 3.05) is 6.79 Å². The van der Waals surface area contributed by atoms with Crippen LogP contribution in [0, 0.1) is 6.92 Å². The monoisotopic (exact) mass is 207 g/mol. The van der Waals surface area contributed by atoms with E-state index in [4.69, 9.17) is 15.2 Å². The average molecular weight is 207 g/mol. The molecule has 0 saturated heterocycles. The third-order valence-electron chi connectivity index (χ3n) is 2.47. The molecule has 0 amide bonds. The maximum Gasteiger partial charge on any atom is 0.231 e. The second kappa shape index (κ2) is 3.55. The van der Waals surface area contributed by atoms with E-state index < -0.39 is 6.04 Å². The number of fused-ring (bicyclic) bond motifs is 1. The Labute approximate surface area is 88.0 Å². The van der Waals surface area contributed by atoms with Gasteiger partial charge in [-0.3, -0.25) is 4.79 Å². The molecule has 2 N–H and O–H groups in total. The predicted octanol–water partition coefficient (Wildman–Crippen LogP) is 1.25. The van der Waals surface area contributed by atoms with Crippen molar-refractivity contribution in [1.82, 2.24) is 0 Å². The molecule has 1 heterocycles. The number of rotatable bonds is 2. The second-order valence-electron chi connectivity index (χ2n) is 3.62. The maximum absolute atomic E-state index is 11.7. The van der Waals surface area contributed by atoms with E-state index in [0.717, 1.165) is 5.56 Å². The SMILES string of the molecule is Cc1c(C(=O)C(C)N)ccc2c1OCO2. The zero-order chi connectivity index (χ0) is 11.0. The van der Waals surface area contributed by atoms with Gasteiger partial charge in [0.2, 0.25) is 6.79 Å². The lowest BCUT2D eigenvalue weighted by Gasteiger charge is -2.09. The lowest BCUT2D eigenvalue weighted by Crippen LogP contribution is -2.27. The van der Waals surface area contributed by atoms with E-state index in [2.05, 4.69) is 0 Å². The molecule has 0 radical (unpaired) electrons. The normalized spacial score (nSPS) is 15.1. The average Bonchev–Trinajstić information content (AvgIpc) is 2.66. The number of hydrogen-bond acceptors (Lipinski definition) is 4. The molecule has 4 nitrogen and oxygen atoms in total. The van der Waals surface area contributed by atoms with Crippen LogP contribution in [0.2, 0.25) is 0 Å². The fourth-order valence-corrected chi connectivity index (χ4v) is 1.62. The summed E-state index contributed by atoms with van der Waals surface area (Å²) in [6.07, 6.45) is 0. The summed E-state index contributed by atoms with van der Waals surface area (Å²) in [5, 5.41) is 0. The molecule has 2 rings (SSSR count). The zero-order valence-corrected chi connectivity index (χ0v) is 8.74. The molecular formula is C11H13NO3. The van der Waals surface area contributed by atoms with Gasteiger partial charge in [0, 0.05) is 11.1 Å². The third-order valence-corrected chi connectivity index (χ3v) is 2.47. The minimum atomic E-state index is -0.496. The Morgan fingerprint density at radius 1 is 1.47 bits per heavy atom. The molecule has 1 unspecified atom stereocenters. The zero-order valence-electron chi connectivity index (χ0n) is 8.74. The third kappa shape index (κ3) is 1.57. The minimum Gasteiger partial charge on any atom is -0.454 e. The maximum atomic E-state index is 11.7. The Hall–Kier alpha value is -1.55. The summed E-state index contributed by atoms with van der Waals surface area (Å²) >= 11 is 0. The van der Waals surface area contributed by atoms with Gasteiger partial charge >= 0.3 is 0 Å². The van der Waals surface area contributed by atoms with Crippen LogP contribution in [-0.4, -0.2) is 18.6 Å². The summed E-state index contributed by atoms with van der Waals surface area (Å²) in [6.45, 7) is 3.72. The second-order valence-corrected chi connectivity index (χ2v) is 3.62. The molecule has 1 aliphatic heterocycles. The smallest absolute Gasteiger partial charge is 0.231 e. The van der Waals surface area contributed by atoms with Gasteiger partial charge in [-0.2, -0.15) is 0 Å². The Bertz CT molecular complexity index is 413. The first-order valence-corrected chi connectivity index (χ1v) is 4.80. The molecule has 1 atom stereocenters. The van der Waals surface area contributed by atoms with Gasteiger partial charge in [0.05, 0.1) is 6.04 Å². The molecule has 0 aromatic heterocycles. The molecule has 0 bridgehead atoms. The first-order valence-electron chi connectivity index (χ1n) is 4.80. The van der Waals surface area contributed by atoms with Gasteiger partial charge in [-0.1, -0.05) is 0 Å². The summed E-state index contributed by atoms with van der Waals surface area (Å²) < 4.78 is 10.5. The highest BCUT2D eigenvalue weighted by Gasteiger charge is 2.22. The number of carbonyl (C=O) groups is 1. The summed E-state index contributed by atoms with van der Waals surface area (Å²) in [6, 6.07) is 2.98. The summed E-state index contributed by atoms with van der Waals surface area (Å²) in [7, 11) is 0. The van der Waals surface area contributed by atoms with Crippen molar-refractivity contribution in [1.29, 1.82) is 0 Å². The van der Waals surface area contributed by atoms with E-state index in [1.54, 1.807) is 19.1 Å². The molecule has 1 aromatic rings. The first-order chi connectivity index (χ1) is 7.11. The van der Waals surface area contributed by atoms with E-state index in [1.165, 1.54) is 0 Å². The highest BCUT2D eigenvalue weighted by Crippen LogP contribution is 2.37. The predicted molar refractivity (Wildman–Crippen MR) is 55.3 cm³/mol. The number of Topliss-reactive ketones (excluding diaryl/α,β-unsaturated/α-hetero) is 1. The highest BCUT2D eigenvalue weighted by atomic mass is 16.7.